The maximum atomic E-state index is 5.84. The molecule has 0 radical (unpaired) electrons. The standard InChI is InChI=1S/C15H17N5/c1-10-6-13-15(18-8-10)20(11(2)7-16)14(19-13)12-4-3-5-17-9-12/h3-6,8-9,11H,7,16H2,1-2H3. The molecular formula is C15H17N5. The Balaban J connectivity index is 2.30. The average molecular weight is 267 g/mol. The second-order valence-corrected chi connectivity index (χ2v) is 4.99. The number of aryl methyl sites for hydroxylation is 1. The molecule has 0 bridgehead atoms. The van der Waals surface area contributed by atoms with Crippen LogP contribution in [0.4, 0.5) is 0 Å². The van der Waals surface area contributed by atoms with Crippen molar-refractivity contribution in [3.05, 3.63) is 42.4 Å². The van der Waals surface area contributed by atoms with E-state index in [0.29, 0.717) is 6.54 Å². The fourth-order valence-electron chi connectivity index (χ4n) is 2.30. The molecule has 0 saturated heterocycles. The molecule has 20 heavy (non-hydrogen) atoms. The third-order valence-electron chi connectivity index (χ3n) is 3.37. The highest BCUT2D eigenvalue weighted by Gasteiger charge is 2.17. The van der Waals surface area contributed by atoms with Gasteiger partial charge in [-0.25, -0.2) is 9.97 Å². The number of nitrogens with zero attached hydrogens (tertiary/aromatic N) is 4. The van der Waals surface area contributed by atoms with Crippen LogP contribution in [0.15, 0.2) is 36.8 Å². The van der Waals surface area contributed by atoms with Crippen LogP contribution in [0, 0.1) is 6.92 Å². The summed E-state index contributed by atoms with van der Waals surface area (Å²) in [6.45, 7) is 4.62. The number of rotatable bonds is 3. The zero-order chi connectivity index (χ0) is 14.1. The van der Waals surface area contributed by atoms with Gasteiger partial charge in [0.2, 0.25) is 0 Å². The van der Waals surface area contributed by atoms with E-state index >= 15 is 0 Å². The summed E-state index contributed by atoms with van der Waals surface area (Å²) in [6.07, 6.45) is 5.43. The first-order valence-electron chi connectivity index (χ1n) is 6.65. The fraction of sp³-hybridized carbons (Fsp3) is 0.267. The molecule has 3 aromatic heterocycles. The van der Waals surface area contributed by atoms with E-state index < -0.39 is 0 Å². The lowest BCUT2D eigenvalue weighted by molar-refractivity contribution is 0.575. The highest BCUT2D eigenvalue weighted by Crippen LogP contribution is 2.26. The van der Waals surface area contributed by atoms with E-state index in [1.807, 2.05) is 37.5 Å². The lowest BCUT2D eigenvalue weighted by Gasteiger charge is -2.14. The van der Waals surface area contributed by atoms with Crippen molar-refractivity contribution in [3.63, 3.8) is 0 Å². The molecule has 3 rings (SSSR count). The van der Waals surface area contributed by atoms with E-state index in [9.17, 15) is 0 Å². The molecule has 2 N–H and O–H groups in total. The third-order valence-corrected chi connectivity index (χ3v) is 3.37. The summed E-state index contributed by atoms with van der Waals surface area (Å²) < 4.78 is 2.09. The summed E-state index contributed by atoms with van der Waals surface area (Å²) >= 11 is 0. The zero-order valence-corrected chi connectivity index (χ0v) is 11.6. The normalized spacial score (nSPS) is 12.8. The van der Waals surface area contributed by atoms with Crippen LogP contribution in [0.5, 0.6) is 0 Å². The number of nitrogens with two attached hydrogens (primary N) is 1. The summed E-state index contributed by atoms with van der Waals surface area (Å²) in [5, 5.41) is 0. The highest BCUT2D eigenvalue weighted by atomic mass is 15.2. The van der Waals surface area contributed by atoms with E-state index in [4.69, 9.17) is 10.7 Å². The fourth-order valence-corrected chi connectivity index (χ4v) is 2.30. The van der Waals surface area contributed by atoms with E-state index in [1.165, 1.54) is 0 Å². The molecule has 0 aliphatic heterocycles. The molecule has 0 aliphatic rings. The predicted molar refractivity (Wildman–Crippen MR) is 79.3 cm³/mol. The van der Waals surface area contributed by atoms with Crippen molar-refractivity contribution in [2.24, 2.45) is 5.73 Å². The molecule has 0 aliphatic carbocycles. The van der Waals surface area contributed by atoms with E-state index in [1.54, 1.807) is 6.20 Å². The molecule has 0 fully saturated rings. The third kappa shape index (κ3) is 2.06. The molecule has 0 amide bonds. The van der Waals surface area contributed by atoms with Crippen molar-refractivity contribution in [3.8, 4) is 11.4 Å². The molecule has 5 heteroatoms. The molecule has 0 spiro atoms. The monoisotopic (exact) mass is 267 g/mol. The Morgan fingerprint density at radius 1 is 1.35 bits per heavy atom. The van der Waals surface area contributed by atoms with Crippen molar-refractivity contribution >= 4 is 11.2 Å². The maximum Gasteiger partial charge on any atom is 0.160 e. The van der Waals surface area contributed by atoms with Gasteiger partial charge in [-0.15, -0.1) is 0 Å². The Morgan fingerprint density at radius 3 is 2.90 bits per heavy atom. The molecule has 3 heterocycles. The van der Waals surface area contributed by atoms with Crippen molar-refractivity contribution in [1.29, 1.82) is 0 Å². The largest absolute Gasteiger partial charge is 0.328 e. The SMILES string of the molecule is Cc1cnc2c(c1)nc(-c1cccnc1)n2C(C)CN. The highest BCUT2D eigenvalue weighted by molar-refractivity contribution is 5.77. The molecule has 1 unspecified atom stereocenters. The molecule has 0 aromatic carbocycles. The first kappa shape index (κ1) is 12.7. The average Bonchev–Trinajstić information content (AvgIpc) is 2.85. The maximum absolute atomic E-state index is 5.84. The molecule has 3 aromatic rings. The van der Waals surface area contributed by atoms with E-state index in [-0.39, 0.29) is 6.04 Å². The second kappa shape index (κ2) is 5.02. The van der Waals surface area contributed by atoms with Crippen molar-refractivity contribution in [1.82, 2.24) is 19.5 Å². The van der Waals surface area contributed by atoms with Gasteiger partial charge in [-0.3, -0.25) is 4.98 Å². The Kier molecular flexibility index (Phi) is 3.20. The van der Waals surface area contributed by atoms with Gasteiger partial charge in [0, 0.05) is 36.7 Å². The van der Waals surface area contributed by atoms with Gasteiger partial charge in [-0.05, 0) is 37.6 Å². The summed E-state index contributed by atoms with van der Waals surface area (Å²) in [5.74, 6) is 0.865. The summed E-state index contributed by atoms with van der Waals surface area (Å²) in [6, 6.07) is 6.08. The summed E-state index contributed by atoms with van der Waals surface area (Å²) in [7, 11) is 0. The van der Waals surface area contributed by atoms with Crippen molar-refractivity contribution < 1.29 is 0 Å². The first-order valence-corrected chi connectivity index (χ1v) is 6.65. The zero-order valence-electron chi connectivity index (χ0n) is 11.6. The van der Waals surface area contributed by atoms with Crippen molar-refractivity contribution in [2.75, 3.05) is 6.54 Å². The number of imidazole rings is 1. The molecule has 1 atom stereocenters. The van der Waals surface area contributed by atoms with Gasteiger partial charge in [0.05, 0.1) is 0 Å². The number of pyridine rings is 2. The minimum atomic E-state index is 0.130. The Morgan fingerprint density at radius 2 is 2.20 bits per heavy atom. The number of hydrogen-bond acceptors (Lipinski definition) is 4. The van der Waals surface area contributed by atoms with Crippen LogP contribution in [0.1, 0.15) is 18.5 Å². The van der Waals surface area contributed by atoms with Gasteiger partial charge in [-0.1, -0.05) is 0 Å². The van der Waals surface area contributed by atoms with Gasteiger partial charge in [0.15, 0.2) is 5.65 Å². The van der Waals surface area contributed by atoms with Crippen LogP contribution in [-0.2, 0) is 0 Å². The van der Waals surface area contributed by atoms with Gasteiger partial charge in [0.1, 0.15) is 11.3 Å². The van der Waals surface area contributed by atoms with Crippen LogP contribution < -0.4 is 5.73 Å². The predicted octanol–water partition coefficient (Wildman–Crippen LogP) is 2.32. The van der Waals surface area contributed by atoms with Crippen LogP contribution in [0.2, 0.25) is 0 Å². The summed E-state index contributed by atoms with van der Waals surface area (Å²) in [4.78, 5) is 13.4. The van der Waals surface area contributed by atoms with Crippen LogP contribution in [-0.4, -0.2) is 26.1 Å². The van der Waals surface area contributed by atoms with Gasteiger partial charge in [0.25, 0.3) is 0 Å². The van der Waals surface area contributed by atoms with Gasteiger partial charge in [-0.2, -0.15) is 0 Å². The minimum absolute atomic E-state index is 0.130. The number of aromatic nitrogens is 4. The number of hydrogen-bond donors (Lipinski definition) is 1. The molecule has 0 saturated carbocycles. The van der Waals surface area contributed by atoms with Gasteiger partial charge >= 0.3 is 0 Å². The molecular weight excluding hydrogens is 250 g/mol. The Hall–Kier alpha value is -2.27. The Labute approximate surface area is 117 Å². The van der Waals surface area contributed by atoms with E-state index in [0.717, 1.165) is 28.1 Å². The van der Waals surface area contributed by atoms with Gasteiger partial charge < -0.3 is 10.3 Å². The van der Waals surface area contributed by atoms with Crippen molar-refractivity contribution in [2.45, 2.75) is 19.9 Å². The topological polar surface area (TPSA) is 69.6 Å². The quantitative estimate of drug-likeness (QED) is 0.790. The molecule has 5 nitrogen and oxygen atoms in total. The molecule has 102 valence electrons. The first-order chi connectivity index (χ1) is 9.70. The Bertz CT molecular complexity index is 733. The smallest absolute Gasteiger partial charge is 0.160 e. The van der Waals surface area contributed by atoms with E-state index in [2.05, 4.69) is 21.5 Å². The lowest BCUT2D eigenvalue weighted by Crippen LogP contribution is -2.17. The summed E-state index contributed by atoms with van der Waals surface area (Å²) in [5.41, 5.74) is 9.67. The van der Waals surface area contributed by atoms with Crippen LogP contribution in [0.25, 0.3) is 22.6 Å². The second-order valence-electron chi connectivity index (χ2n) is 4.99. The van der Waals surface area contributed by atoms with Crippen LogP contribution >= 0.6 is 0 Å². The minimum Gasteiger partial charge on any atom is -0.328 e. The number of fused-ring (bicyclic) bond motifs is 1. The lowest BCUT2D eigenvalue weighted by atomic mass is 10.2. The van der Waals surface area contributed by atoms with Crippen LogP contribution in [0.3, 0.4) is 0 Å².